The molecule has 1 fully saturated rings. The molecule has 1 saturated heterocycles. The third kappa shape index (κ3) is 6.45. The lowest BCUT2D eigenvalue weighted by Crippen LogP contribution is -2.35. The molecule has 10 heteroatoms. The highest BCUT2D eigenvalue weighted by atomic mass is 35.5. The number of hydrogen-bond acceptors (Lipinski definition) is 6. The van der Waals surface area contributed by atoms with Gasteiger partial charge in [0.25, 0.3) is 5.56 Å². The van der Waals surface area contributed by atoms with Gasteiger partial charge in [0.1, 0.15) is 6.04 Å². The number of carbonyl (C=O) groups is 2. The number of rotatable bonds is 7. The molecular weight excluding hydrogens is 534 g/mol. The molecule has 0 saturated carbocycles. The maximum absolute atomic E-state index is 13.7. The first-order chi connectivity index (χ1) is 19.3. The summed E-state index contributed by atoms with van der Waals surface area (Å²) in [5.41, 5.74) is 9.30. The molecule has 2 aromatic carbocycles. The van der Waals surface area contributed by atoms with E-state index >= 15 is 0 Å². The van der Waals surface area contributed by atoms with E-state index in [0.717, 1.165) is 22.3 Å². The van der Waals surface area contributed by atoms with Crippen LogP contribution >= 0.6 is 11.6 Å². The molecule has 9 nitrogen and oxygen atoms in total. The molecule has 2 aliphatic rings. The minimum atomic E-state index is -0.833. The van der Waals surface area contributed by atoms with Crippen molar-refractivity contribution < 1.29 is 23.8 Å². The molecule has 2 amide bonds. The van der Waals surface area contributed by atoms with Crippen molar-refractivity contribution in [3.05, 3.63) is 86.8 Å². The summed E-state index contributed by atoms with van der Waals surface area (Å²) in [4.78, 5) is 38.7. The first-order valence-corrected chi connectivity index (χ1v) is 13.7. The molecule has 2 aliphatic heterocycles. The molecule has 3 heterocycles. The van der Waals surface area contributed by atoms with Crippen LogP contribution in [0.2, 0.25) is 5.02 Å². The van der Waals surface area contributed by atoms with Gasteiger partial charge in [-0.05, 0) is 79.3 Å². The number of ether oxygens (including phenoxy) is 3. The van der Waals surface area contributed by atoms with Crippen LogP contribution in [0.3, 0.4) is 0 Å². The van der Waals surface area contributed by atoms with Crippen molar-refractivity contribution in [2.45, 2.75) is 51.0 Å². The molecule has 210 valence electrons. The average Bonchev–Trinajstić information content (AvgIpc) is 2.94. The summed E-state index contributed by atoms with van der Waals surface area (Å²) in [7, 11) is 0. The van der Waals surface area contributed by atoms with Crippen molar-refractivity contribution in [2.24, 2.45) is 5.73 Å². The Balaban J connectivity index is 1.50. The first kappa shape index (κ1) is 28.0. The lowest BCUT2D eigenvalue weighted by Gasteiger charge is -2.27. The minimum Gasteiger partial charge on any atom is -0.376 e. The van der Waals surface area contributed by atoms with E-state index in [4.69, 9.17) is 31.5 Å². The quantitative estimate of drug-likeness (QED) is 0.445. The van der Waals surface area contributed by atoms with E-state index in [2.05, 4.69) is 5.32 Å². The maximum atomic E-state index is 13.7. The van der Waals surface area contributed by atoms with E-state index in [1.54, 1.807) is 36.5 Å². The number of pyridine rings is 1. The molecule has 40 heavy (non-hydrogen) atoms. The third-order valence-electron chi connectivity index (χ3n) is 7.28. The van der Waals surface area contributed by atoms with Gasteiger partial charge in [-0.25, -0.2) is 0 Å². The molecule has 0 unspecified atom stereocenters. The van der Waals surface area contributed by atoms with Crippen LogP contribution in [-0.4, -0.2) is 48.4 Å². The Hall–Kier alpha value is -3.50. The standard InChI is InChI=1S/C30H32ClN3O6/c1-18-12-20-2-5-22(31)13-25(20)26-14-28(35)34(15-21(26)16-40-18)27(9-8-24-17-38-10-11-39-24)30(37)33-23-6-3-19(4-7-23)29(32)36/h2-7,13-15,18,24,27H,8-12,16-17H2,1H3,(H2,32,36)(H,33,37)/t18-,24-,27+/m1/s1. The average molecular weight is 566 g/mol. The van der Waals surface area contributed by atoms with Gasteiger partial charge < -0.3 is 29.8 Å². The number of carbonyl (C=O) groups excluding carboxylic acids is 2. The number of hydrogen-bond donors (Lipinski definition) is 2. The number of aromatic nitrogens is 1. The number of fused-ring (bicyclic) bond motifs is 3. The Morgan fingerprint density at radius 2 is 1.85 bits per heavy atom. The van der Waals surface area contributed by atoms with Crippen molar-refractivity contribution in [1.29, 1.82) is 0 Å². The van der Waals surface area contributed by atoms with Crippen LogP contribution in [0.5, 0.6) is 0 Å². The Bertz CT molecular complexity index is 1450. The summed E-state index contributed by atoms with van der Waals surface area (Å²) in [5.74, 6) is -0.925. The number of primary amides is 1. The zero-order valence-corrected chi connectivity index (χ0v) is 23.0. The van der Waals surface area contributed by atoms with Crippen LogP contribution in [0.4, 0.5) is 5.69 Å². The van der Waals surface area contributed by atoms with E-state index in [1.165, 1.54) is 4.57 Å². The van der Waals surface area contributed by atoms with Gasteiger partial charge in [-0.15, -0.1) is 0 Å². The lowest BCUT2D eigenvalue weighted by molar-refractivity contribution is -0.120. The second kappa shape index (κ2) is 12.3. The predicted octanol–water partition coefficient (Wildman–Crippen LogP) is 4.10. The van der Waals surface area contributed by atoms with E-state index in [9.17, 15) is 14.4 Å². The smallest absolute Gasteiger partial charge is 0.251 e. The number of halogens is 1. The molecule has 3 atom stereocenters. The molecule has 3 N–H and O–H groups in total. The van der Waals surface area contributed by atoms with Crippen molar-refractivity contribution in [1.82, 2.24) is 4.57 Å². The van der Waals surface area contributed by atoms with Gasteiger partial charge in [0, 0.05) is 34.1 Å². The van der Waals surface area contributed by atoms with E-state index in [0.29, 0.717) is 55.4 Å². The number of nitrogens with two attached hydrogens (primary N) is 1. The predicted molar refractivity (Wildman–Crippen MR) is 152 cm³/mol. The molecule has 5 rings (SSSR count). The fourth-order valence-electron chi connectivity index (χ4n) is 5.17. The van der Waals surface area contributed by atoms with Gasteiger partial charge in [0.15, 0.2) is 0 Å². The zero-order valence-electron chi connectivity index (χ0n) is 22.2. The fraction of sp³-hybridized carbons (Fsp3) is 0.367. The van der Waals surface area contributed by atoms with Gasteiger partial charge in [-0.1, -0.05) is 17.7 Å². The number of amides is 2. The van der Waals surface area contributed by atoms with Crippen LogP contribution in [0, 0.1) is 0 Å². The van der Waals surface area contributed by atoms with Crippen molar-refractivity contribution >= 4 is 29.1 Å². The van der Waals surface area contributed by atoms with Gasteiger partial charge >= 0.3 is 0 Å². The lowest BCUT2D eigenvalue weighted by atomic mass is 9.92. The van der Waals surface area contributed by atoms with Crippen molar-refractivity contribution in [3.63, 3.8) is 0 Å². The number of anilines is 1. The van der Waals surface area contributed by atoms with Gasteiger partial charge in [-0.3, -0.25) is 14.4 Å². The SMILES string of the molecule is C[C@@H]1Cc2ccc(Cl)cc2-c2cc(=O)n([C@@H](CC[C@@H]3COCCO3)C(=O)Nc3ccc(C(N)=O)cc3)cc2CO1. The second-order valence-electron chi connectivity index (χ2n) is 10.2. The number of nitrogens with zero attached hydrogens (tertiary/aromatic N) is 1. The summed E-state index contributed by atoms with van der Waals surface area (Å²) < 4.78 is 18.9. The van der Waals surface area contributed by atoms with Crippen LogP contribution in [0.15, 0.2) is 59.5 Å². The number of benzene rings is 2. The van der Waals surface area contributed by atoms with Crippen LogP contribution in [0.25, 0.3) is 11.1 Å². The third-order valence-corrected chi connectivity index (χ3v) is 7.51. The molecular formula is C30H32ClN3O6. The van der Waals surface area contributed by atoms with Gasteiger partial charge in [0.2, 0.25) is 11.8 Å². The molecule has 3 aromatic rings. The Morgan fingerprint density at radius 3 is 2.58 bits per heavy atom. The van der Waals surface area contributed by atoms with E-state index in [-0.39, 0.29) is 30.3 Å². The summed E-state index contributed by atoms with van der Waals surface area (Å²) >= 11 is 6.34. The van der Waals surface area contributed by atoms with Gasteiger partial charge in [-0.2, -0.15) is 0 Å². The second-order valence-corrected chi connectivity index (χ2v) is 10.6. The fourth-order valence-corrected chi connectivity index (χ4v) is 5.34. The summed E-state index contributed by atoms with van der Waals surface area (Å²) in [6.45, 7) is 3.75. The normalized spacial score (nSPS) is 19.4. The Kier molecular flexibility index (Phi) is 8.66. The Labute approximate surface area is 237 Å². The minimum absolute atomic E-state index is 0.0422. The maximum Gasteiger partial charge on any atom is 0.251 e. The monoisotopic (exact) mass is 565 g/mol. The molecule has 0 radical (unpaired) electrons. The molecule has 0 spiro atoms. The highest BCUT2D eigenvalue weighted by Crippen LogP contribution is 2.33. The van der Waals surface area contributed by atoms with Crippen molar-refractivity contribution in [3.8, 4) is 11.1 Å². The summed E-state index contributed by atoms with van der Waals surface area (Å²) in [6, 6.07) is 12.7. The van der Waals surface area contributed by atoms with Crippen molar-refractivity contribution in [2.75, 3.05) is 25.1 Å². The highest BCUT2D eigenvalue weighted by molar-refractivity contribution is 6.30. The van der Waals surface area contributed by atoms with E-state index in [1.807, 2.05) is 25.1 Å². The summed E-state index contributed by atoms with van der Waals surface area (Å²) in [6.07, 6.45) is 3.07. The molecule has 1 aromatic heterocycles. The van der Waals surface area contributed by atoms with Crippen LogP contribution < -0.4 is 16.6 Å². The molecule has 0 aliphatic carbocycles. The van der Waals surface area contributed by atoms with E-state index < -0.39 is 11.9 Å². The van der Waals surface area contributed by atoms with Gasteiger partial charge in [0.05, 0.1) is 38.6 Å². The molecule has 0 bridgehead atoms. The van der Waals surface area contributed by atoms with Crippen LogP contribution in [0.1, 0.15) is 47.3 Å². The Morgan fingerprint density at radius 1 is 1.07 bits per heavy atom. The highest BCUT2D eigenvalue weighted by Gasteiger charge is 2.27. The van der Waals surface area contributed by atoms with Crippen LogP contribution in [-0.2, 0) is 32.0 Å². The first-order valence-electron chi connectivity index (χ1n) is 13.3. The summed E-state index contributed by atoms with van der Waals surface area (Å²) in [5, 5.41) is 3.46. The zero-order chi connectivity index (χ0) is 28.2. The number of nitrogens with one attached hydrogen (secondary N) is 1. The largest absolute Gasteiger partial charge is 0.376 e. The topological polar surface area (TPSA) is 122 Å².